The second kappa shape index (κ2) is 11.6. The SMILES string of the molecule is O=C(O)CCNC(=O)c1ccc(CN(c2ccc(Br)cc2)c2nc(-c3cccc(Br)c3)cs2)cc1. The molecule has 178 valence electrons. The summed E-state index contributed by atoms with van der Waals surface area (Å²) in [6.07, 6.45) is -0.109. The lowest BCUT2D eigenvalue weighted by atomic mass is 10.1. The Hall–Kier alpha value is -3.01. The molecule has 35 heavy (non-hydrogen) atoms. The van der Waals surface area contributed by atoms with E-state index in [0.29, 0.717) is 12.1 Å². The zero-order valence-electron chi connectivity index (χ0n) is 18.4. The third-order valence-electron chi connectivity index (χ3n) is 5.16. The van der Waals surface area contributed by atoms with Crippen LogP contribution in [0.2, 0.25) is 0 Å². The fourth-order valence-electron chi connectivity index (χ4n) is 3.39. The number of carbonyl (C=O) groups is 2. The maximum Gasteiger partial charge on any atom is 0.305 e. The predicted molar refractivity (Wildman–Crippen MR) is 146 cm³/mol. The topological polar surface area (TPSA) is 82.5 Å². The second-order valence-corrected chi connectivity index (χ2v) is 10.4. The van der Waals surface area contributed by atoms with Crippen molar-refractivity contribution in [3.63, 3.8) is 0 Å². The first-order valence-electron chi connectivity index (χ1n) is 10.7. The van der Waals surface area contributed by atoms with Crippen molar-refractivity contribution in [1.82, 2.24) is 10.3 Å². The number of nitrogens with one attached hydrogen (secondary N) is 1. The van der Waals surface area contributed by atoms with Gasteiger partial charge in [-0.3, -0.25) is 9.59 Å². The highest BCUT2D eigenvalue weighted by molar-refractivity contribution is 9.10. The van der Waals surface area contributed by atoms with Crippen LogP contribution in [0.4, 0.5) is 10.8 Å². The third kappa shape index (κ3) is 6.78. The summed E-state index contributed by atoms with van der Waals surface area (Å²) in [7, 11) is 0. The van der Waals surface area contributed by atoms with Crippen molar-refractivity contribution in [2.24, 2.45) is 0 Å². The van der Waals surface area contributed by atoms with Gasteiger partial charge in [0, 0.05) is 37.7 Å². The molecule has 0 aliphatic carbocycles. The van der Waals surface area contributed by atoms with Crippen molar-refractivity contribution in [2.75, 3.05) is 11.4 Å². The Bertz CT molecular complexity index is 1320. The van der Waals surface area contributed by atoms with Gasteiger partial charge < -0.3 is 15.3 Å². The molecule has 1 aromatic heterocycles. The van der Waals surface area contributed by atoms with Crippen LogP contribution >= 0.6 is 43.2 Å². The zero-order chi connectivity index (χ0) is 24.8. The van der Waals surface area contributed by atoms with Gasteiger partial charge in [-0.2, -0.15) is 0 Å². The average Bonchev–Trinajstić information content (AvgIpc) is 3.33. The molecular weight excluding hydrogens is 594 g/mol. The average molecular weight is 615 g/mol. The summed E-state index contributed by atoms with van der Waals surface area (Å²) in [6, 6.07) is 23.4. The Morgan fingerprint density at radius 2 is 1.71 bits per heavy atom. The molecule has 0 radical (unpaired) electrons. The van der Waals surface area contributed by atoms with Crippen LogP contribution in [0.15, 0.2) is 87.1 Å². The molecule has 9 heteroatoms. The van der Waals surface area contributed by atoms with Crippen molar-refractivity contribution in [2.45, 2.75) is 13.0 Å². The summed E-state index contributed by atoms with van der Waals surface area (Å²) in [6.45, 7) is 0.658. The highest BCUT2D eigenvalue weighted by Crippen LogP contribution is 2.34. The number of halogens is 2. The Balaban J connectivity index is 1.56. The molecular formula is C26H21Br2N3O3S. The molecule has 1 heterocycles. The van der Waals surface area contributed by atoms with Crippen LogP contribution in [0, 0.1) is 0 Å². The van der Waals surface area contributed by atoms with Crippen molar-refractivity contribution in [3.8, 4) is 11.3 Å². The minimum atomic E-state index is -0.945. The fourth-order valence-corrected chi connectivity index (χ4v) is 4.91. The van der Waals surface area contributed by atoms with Gasteiger partial charge in [-0.25, -0.2) is 4.98 Å². The number of rotatable bonds is 9. The molecule has 0 spiro atoms. The molecule has 0 atom stereocenters. The maximum atomic E-state index is 12.3. The smallest absolute Gasteiger partial charge is 0.305 e. The number of hydrogen-bond acceptors (Lipinski definition) is 5. The number of nitrogens with zero attached hydrogens (tertiary/aromatic N) is 2. The molecule has 3 aromatic carbocycles. The van der Waals surface area contributed by atoms with E-state index in [1.54, 1.807) is 23.5 Å². The molecule has 0 saturated carbocycles. The van der Waals surface area contributed by atoms with Gasteiger partial charge >= 0.3 is 5.97 Å². The van der Waals surface area contributed by atoms with Crippen molar-refractivity contribution >= 4 is 65.9 Å². The summed E-state index contributed by atoms with van der Waals surface area (Å²) in [4.78, 5) is 30.0. The van der Waals surface area contributed by atoms with Crippen molar-refractivity contribution in [1.29, 1.82) is 0 Å². The van der Waals surface area contributed by atoms with Gasteiger partial charge in [-0.05, 0) is 54.1 Å². The van der Waals surface area contributed by atoms with Gasteiger partial charge in [0.25, 0.3) is 5.91 Å². The monoisotopic (exact) mass is 613 g/mol. The number of hydrogen-bond donors (Lipinski definition) is 2. The van der Waals surface area contributed by atoms with E-state index < -0.39 is 5.97 Å². The zero-order valence-corrected chi connectivity index (χ0v) is 22.4. The number of aromatic nitrogens is 1. The summed E-state index contributed by atoms with van der Waals surface area (Å²) in [5.74, 6) is -1.24. The molecule has 0 bridgehead atoms. The highest BCUT2D eigenvalue weighted by atomic mass is 79.9. The van der Waals surface area contributed by atoms with Crippen LogP contribution in [0.25, 0.3) is 11.3 Å². The van der Waals surface area contributed by atoms with Crippen LogP contribution in [-0.4, -0.2) is 28.5 Å². The van der Waals surface area contributed by atoms with E-state index in [4.69, 9.17) is 10.1 Å². The Morgan fingerprint density at radius 1 is 0.971 bits per heavy atom. The number of amides is 1. The molecule has 0 fully saturated rings. The normalized spacial score (nSPS) is 10.7. The van der Waals surface area contributed by atoms with Crippen LogP contribution < -0.4 is 10.2 Å². The van der Waals surface area contributed by atoms with Gasteiger partial charge in [0.2, 0.25) is 0 Å². The molecule has 6 nitrogen and oxygen atoms in total. The number of aliphatic carboxylic acids is 1. The molecule has 0 aliphatic rings. The maximum absolute atomic E-state index is 12.3. The molecule has 4 rings (SSSR count). The first-order chi connectivity index (χ1) is 16.9. The summed E-state index contributed by atoms with van der Waals surface area (Å²) >= 11 is 8.60. The Kier molecular flexibility index (Phi) is 8.33. The first-order valence-corrected chi connectivity index (χ1v) is 13.2. The van der Waals surface area contributed by atoms with E-state index >= 15 is 0 Å². The Labute approximate surface area is 223 Å². The number of carboxylic acid groups (broad SMARTS) is 1. The molecule has 1 amide bonds. The number of benzene rings is 3. The van der Waals surface area contributed by atoms with E-state index in [1.807, 2.05) is 66.0 Å². The molecule has 0 saturated heterocycles. The number of anilines is 2. The fraction of sp³-hybridized carbons (Fsp3) is 0.115. The van der Waals surface area contributed by atoms with Crippen LogP contribution in [0.5, 0.6) is 0 Å². The van der Waals surface area contributed by atoms with Crippen LogP contribution in [-0.2, 0) is 11.3 Å². The predicted octanol–water partition coefficient (Wildman–Crippen LogP) is 6.88. The summed E-state index contributed by atoms with van der Waals surface area (Å²) in [5.41, 5.74) is 4.44. The lowest BCUT2D eigenvalue weighted by Gasteiger charge is -2.22. The van der Waals surface area contributed by atoms with E-state index in [9.17, 15) is 9.59 Å². The number of carboxylic acids is 1. The lowest BCUT2D eigenvalue weighted by molar-refractivity contribution is -0.136. The molecule has 0 aliphatic heterocycles. The second-order valence-electron chi connectivity index (χ2n) is 7.68. The summed E-state index contributed by atoms with van der Waals surface area (Å²) in [5, 5.41) is 14.3. The van der Waals surface area contributed by atoms with E-state index in [-0.39, 0.29) is 18.9 Å². The van der Waals surface area contributed by atoms with Gasteiger partial charge in [-0.15, -0.1) is 11.3 Å². The molecule has 0 unspecified atom stereocenters. The summed E-state index contributed by atoms with van der Waals surface area (Å²) < 4.78 is 2.00. The quantitative estimate of drug-likeness (QED) is 0.215. The Morgan fingerprint density at radius 3 is 2.40 bits per heavy atom. The molecule has 4 aromatic rings. The highest BCUT2D eigenvalue weighted by Gasteiger charge is 2.16. The van der Waals surface area contributed by atoms with Gasteiger partial charge in [-0.1, -0.05) is 56.1 Å². The van der Waals surface area contributed by atoms with Crippen molar-refractivity contribution in [3.05, 3.63) is 98.2 Å². The first kappa shape index (κ1) is 25.1. The van der Waals surface area contributed by atoms with Crippen LogP contribution in [0.1, 0.15) is 22.3 Å². The largest absolute Gasteiger partial charge is 0.481 e. The minimum Gasteiger partial charge on any atom is -0.481 e. The van der Waals surface area contributed by atoms with Gasteiger partial charge in [0.05, 0.1) is 18.7 Å². The minimum absolute atomic E-state index is 0.0949. The van der Waals surface area contributed by atoms with Gasteiger partial charge in [0.1, 0.15) is 0 Å². The standard InChI is InChI=1S/C26H21Br2N3O3S/c27-20-8-10-22(11-9-20)31(26-30-23(16-35-26)19-2-1-3-21(28)14-19)15-17-4-6-18(7-5-17)25(34)29-13-12-24(32)33/h1-11,14,16H,12-13,15H2,(H,29,34)(H,32,33). The number of thiazole rings is 1. The van der Waals surface area contributed by atoms with Crippen LogP contribution in [0.3, 0.4) is 0 Å². The lowest BCUT2D eigenvalue weighted by Crippen LogP contribution is -2.26. The third-order valence-corrected chi connectivity index (χ3v) is 7.05. The molecule has 2 N–H and O–H groups in total. The van der Waals surface area contributed by atoms with Gasteiger partial charge in [0.15, 0.2) is 5.13 Å². The van der Waals surface area contributed by atoms with E-state index in [2.05, 4.69) is 42.1 Å². The van der Waals surface area contributed by atoms with E-state index in [1.165, 1.54) is 0 Å². The number of carbonyl (C=O) groups excluding carboxylic acids is 1. The van der Waals surface area contributed by atoms with Crippen molar-refractivity contribution < 1.29 is 14.7 Å². The van der Waals surface area contributed by atoms with E-state index in [0.717, 1.165) is 36.6 Å².